The van der Waals surface area contributed by atoms with Crippen LogP contribution in [0.25, 0.3) is 0 Å². The molecule has 0 radical (unpaired) electrons. The quantitative estimate of drug-likeness (QED) is 0.753. The van der Waals surface area contributed by atoms with Crippen molar-refractivity contribution in [2.75, 3.05) is 10.6 Å². The van der Waals surface area contributed by atoms with Crippen molar-refractivity contribution in [3.05, 3.63) is 51.5 Å². The molecule has 2 aromatic rings. The zero-order chi connectivity index (χ0) is 17.3. The predicted molar refractivity (Wildman–Crippen MR) is 99.4 cm³/mol. The summed E-state index contributed by atoms with van der Waals surface area (Å²) < 4.78 is 0. The Balaban J connectivity index is 1.67. The molecule has 1 atom stereocenters. The first-order valence-electron chi connectivity index (χ1n) is 6.94. The van der Waals surface area contributed by atoms with E-state index in [2.05, 4.69) is 10.6 Å². The van der Waals surface area contributed by atoms with Gasteiger partial charge in [0.15, 0.2) is 0 Å². The Kier molecular flexibility index (Phi) is 5.25. The number of amides is 2. The maximum absolute atomic E-state index is 12.2. The second kappa shape index (κ2) is 7.23. The molecule has 2 amide bonds. The molecule has 0 aliphatic carbocycles. The number of nitrogens with one attached hydrogen (secondary N) is 2. The summed E-state index contributed by atoms with van der Waals surface area (Å²) >= 11 is 19.0. The minimum Gasteiger partial charge on any atom is -0.326 e. The Bertz CT molecular complexity index is 829. The third kappa shape index (κ3) is 3.98. The monoisotopic (exact) mass is 400 g/mol. The Morgan fingerprint density at radius 3 is 2.67 bits per heavy atom. The fraction of sp³-hybridized carbons (Fsp3) is 0.125. The third-order valence-electron chi connectivity index (χ3n) is 3.34. The zero-order valence-electron chi connectivity index (χ0n) is 12.1. The zero-order valence-corrected chi connectivity index (χ0v) is 15.2. The molecular weight excluding hydrogens is 391 g/mol. The maximum atomic E-state index is 12.2. The molecule has 124 valence electrons. The van der Waals surface area contributed by atoms with Gasteiger partial charge in [-0.1, -0.05) is 34.8 Å². The molecule has 8 heteroatoms. The second-order valence-electron chi connectivity index (χ2n) is 5.12. The van der Waals surface area contributed by atoms with Crippen LogP contribution in [-0.4, -0.2) is 17.1 Å². The normalized spacial score (nSPS) is 16.3. The summed E-state index contributed by atoms with van der Waals surface area (Å²) in [6, 6.07) is 10.1. The van der Waals surface area contributed by atoms with Gasteiger partial charge in [-0.3, -0.25) is 9.59 Å². The lowest BCUT2D eigenvalue weighted by Gasteiger charge is -2.23. The van der Waals surface area contributed by atoms with Gasteiger partial charge in [0.1, 0.15) is 0 Å². The molecule has 0 spiro atoms. The van der Waals surface area contributed by atoms with E-state index < -0.39 is 5.25 Å². The van der Waals surface area contributed by atoms with E-state index >= 15 is 0 Å². The van der Waals surface area contributed by atoms with E-state index in [4.69, 9.17) is 34.8 Å². The van der Waals surface area contributed by atoms with Crippen molar-refractivity contribution in [2.45, 2.75) is 16.6 Å². The number of hydrogen-bond donors (Lipinski definition) is 2. The lowest BCUT2D eigenvalue weighted by Crippen LogP contribution is -2.32. The minimum atomic E-state index is -0.513. The van der Waals surface area contributed by atoms with Crippen LogP contribution < -0.4 is 10.6 Å². The molecule has 0 saturated carbocycles. The highest BCUT2D eigenvalue weighted by atomic mass is 35.5. The molecule has 2 N–H and O–H groups in total. The molecular formula is C16H11Cl3N2O2S. The van der Waals surface area contributed by atoms with Gasteiger partial charge < -0.3 is 10.6 Å². The van der Waals surface area contributed by atoms with Crippen LogP contribution in [0.3, 0.4) is 0 Å². The van der Waals surface area contributed by atoms with Crippen LogP contribution >= 0.6 is 46.6 Å². The largest absolute Gasteiger partial charge is 0.326 e. The van der Waals surface area contributed by atoms with Gasteiger partial charge in [-0.15, -0.1) is 11.8 Å². The Morgan fingerprint density at radius 1 is 1.12 bits per heavy atom. The molecule has 1 aliphatic heterocycles. The van der Waals surface area contributed by atoms with E-state index in [0.717, 1.165) is 4.90 Å². The Hall–Kier alpha value is -1.40. The first kappa shape index (κ1) is 17.4. The van der Waals surface area contributed by atoms with Gasteiger partial charge in [0.2, 0.25) is 11.8 Å². The molecule has 2 aromatic carbocycles. The molecule has 0 saturated heterocycles. The molecule has 3 rings (SSSR count). The van der Waals surface area contributed by atoms with Crippen molar-refractivity contribution < 1.29 is 9.59 Å². The van der Waals surface area contributed by atoms with Gasteiger partial charge in [-0.25, -0.2) is 0 Å². The molecule has 1 heterocycles. The summed E-state index contributed by atoms with van der Waals surface area (Å²) in [5.74, 6) is -0.502. The Labute approximate surface area is 157 Å². The van der Waals surface area contributed by atoms with Crippen LogP contribution in [0.1, 0.15) is 6.42 Å². The van der Waals surface area contributed by atoms with Gasteiger partial charge in [0, 0.05) is 22.0 Å². The van der Waals surface area contributed by atoms with Gasteiger partial charge >= 0.3 is 0 Å². The van der Waals surface area contributed by atoms with Gasteiger partial charge in [0.25, 0.3) is 0 Å². The van der Waals surface area contributed by atoms with Crippen LogP contribution in [0.15, 0.2) is 41.3 Å². The summed E-state index contributed by atoms with van der Waals surface area (Å²) in [7, 11) is 0. The van der Waals surface area contributed by atoms with E-state index in [1.807, 2.05) is 6.07 Å². The van der Waals surface area contributed by atoms with E-state index in [9.17, 15) is 9.59 Å². The Morgan fingerprint density at radius 2 is 1.92 bits per heavy atom. The summed E-state index contributed by atoms with van der Waals surface area (Å²) in [6.45, 7) is 0. The van der Waals surface area contributed by atoms with Crippen molar-refractivity contribution >= 4 is 69.8 Å². The number of thioether (sulfide) groups is 1. The fourth-order valence-corrected chi connectivity index (χ4v) is 3.77. The summed E-state index contributed by atoms with van der Waals surface area (Å²) in [5, 5.41) is 6.28. The maximum Gasteiger partial charge on any atom is 0.238 e. The number of hydrogen-bond acceptors (Lipinski definition) is 3. The number of anilines is 2. The fourth-order valence-electron chi connectivity index (χ4n) is 2.21. The second-order valence-corrected chi connectivity index (χ2v) is 7.61. The molecule has 0 fully saturated rings. The average Bonchev–Trinajstić information content (AvgIpc) is 2.52. The number of carbonyl (C=O) groups excluding carboxylic acids is 2. The van der Waals surface area contributed by atoms with Gasteiger partial charge in [0.05, 0.1) is 21.0 Å². The van der Waals surface area contributed by atoms with Crippen LogP contribution in [0.5, 0.6) is 0 Å². The molecule has 0 aromatic heterocycles. The number of carbonyl (C=O) groups is 2. The summed E-state index contributed by atoms with van der Waals surface area (Å²) in [4.78, 5) is 25.2. The van der Waals surface area contributed by atoms with E-state index in [1.165, 1.54) is 11.8 Å². The van der Waals surface area contributed by atoms with Crippen LogP contribution in [-0.2, 0) is 9.59 Å². The standard InChI is InChI=1S/C16H11Cl3N2O2S/c17-8-1-4-13-12(5-8)21-16(23)14(24-13)7-15(22)20-9-2-3-10(18)11(19)6-9/h1-6,14H,7H2,(H,20,22)(H,21,23). The molecule has 1 aliphatic rings. The highest BCUT2D eigenvalue weighted by Crippen LogP contribution is 2.38. The van der Waals surface area contributed by atoms with Crippen LogP contribution in [0.2, 0.25) is 15.1 Å². The molecule has 1 unspecified atom stereocenters. The van der Waals surface area contributed by atoms with Gasteiger partial charge in [-0.05, 0) is 36.4 Å². The number of fused-ring (bicyclic) bond motifs is 1. The third-order valence-corrected chi connectivity index (χ3v) is 5.58. The topological polar surface area (TPSA) is 58.2 Å². The average molecular weight is 402 g/mol. The molecule has 0 bridgehead atoms. The lowest BCUT2D eigenvalue weighted by atomic mass is 10.2. The van der Waals surface area contributed by atoms with Crippen molar-refractivity contribution in [1.82, 2.24) is 0 Å². The van der Waals surface area contributed by atoms with Crippen molar-refractivity contribution in [3.8, 4) is 0 Å². The van der Waals surface area contributed by atoms with E-state index in [1.54, 1.807) is 30.3 Å². The summed E-state index contributed by atoms with van der Waals surface area (Å²) in [6.07, 6.45) is 0.0405. The SMILES string of the molecule is O=C(CC1Sc2ccc(Cl)cc2NC1=O)Nc1ccc(Cl)c(Cl)c1. The number of halogens is 3. The van der Waals surface area contributed by atoms with Crippen molar-refractivity contribution in [2.24, 2.45) is 0 Å². The number of rotatable bonds is 3. The first-order valence-corrected chi connectivity index (χ1v) is 8.96. The molecule has 24 heavy (non-hydrogen) atoms. The highest BCUT2D eigenvalue weighted by Gasteiger charge is 2.29. The van der Waals surface area contributed by atoms with Crippen molar-refractivity contribution in [3.63, 3.8) is 0 Å². The minimum absolute atomic E-state index is 0.0405. The smallest absolute Gasteiger partial charge is 0.238 e. The lowest BCUT2D eigenvalue weighted by molar-refractivity contribution is -0.120. The van der Waals surface area contributed by atoms with Crippen molar-refractivity contribution in [1.29, 1.82) is 0 Å². The van der Waals surface area contributed by atoms with E-state index in [-0.39, 0.29) is 18.2 Å². The molecule has 4 nitrogen and oxygen atoms in total. The summed E-state index contributed by atoms with van der Waals surface area (Å²) in [5.41, 5.74) is 1.20. The van der Waals surface area contributed by atoms with Crippen LogP contribution in [0, 0.1) is 0 Å². The predicted octanol–water partition coefficient (Wildman–Crippen LogP) is 5.09. The van der Waals surface area contributed by atoms with Gasteiger partial charge in [-0.2, -0.15) is 0 Å². The van der Waals surface area contributed by atoms with E-state index in [0.29, 0.717) is 26.4 Å². The van der Waals surface area contributed by atoms with Crippen LogP contribution in [0.4, 0.5) is 11.4 Å². The number of benzene rings is 2. The highest BCUT2D eigenvalue weighted by molar-refractivity contribution is 8.01. The first-order chi connectivity index (χ1) is 11.4.